The maximum absolute atomic E-state index is 11.9. The summed E-state index contributed by atoms with van der Waals surface area (Å²) < 4.78 is 11.6. The topological polar surface area (TPSA) is 99.8 Å². The second-order valence-electron chi connectivity index (χ2n) is 4.96. The van der Waals surface area contributed by atoms with Crippen molar-refractivity contribution in [3.05, 3.63) is 71.4 Å². The van der Waals surface area contributed by atoms with Gasteiger partial charge < -0.3 is 4.42 Å². The Bertz CT molecular complexity index is 1000. The summed E-state index contributed by atoms with van der Waals surface area (Å²) in [6, 6.07) is 9.50. The van der Waals surface area contributed by atoms with Crippen molar-refractivity contribution in [2.75, 3.05) is 0 Å². The summed E-state index contributed by atoms with van der Waals surface area (Å²) >= 11 is 0. The lowest BCUT2D eigenvalue weighted by Gasteiger charge is -2.00. The van der Waals surface area contributed by atoms with Crippen LogP contribution >= 0.6 is 0 Å². The monoisotopic (exact) mass is 321 g/mol. The Morgan fingerprint density at radius 2 is 2.00 bits per heavy atom. The van der Waals surface area contributed by atoms with Crippen LogP contribution in [0, 0.1) is 0 Å². The van der Waals surface area contributed by atoms with E-state index in [2.05, 4.69) is 20.1 Å². The van der Waals surface area contributed by atoms with Gasteiger partial charge in [-0.2, -0.15) is 0 Å². The van der Waals surface area contributed by atoms with Crippen LogP contribution in [0.2, 0.25) is 0 Å². The van der Waals surface area contributed by atoms with Gasteiger partial charge in [0.1, 0.15) is 12.0 Å². The summed E-state index contributed by atoms with van der Waals surface area (Å²) in [5.41, 5.74) is 1.87. The van der Waals surface area contributed by atoms with Crippen molar-refractivity contribution in [1.82, 2.24) is 24.7 Å². The summed E-state index contributed by atoms with van der Waals surface area (Å²) in [6.45, 7) is 0.157. The van der Waals surface area contributed by atoms with E-state index in [1.165, 1.54) is 29.4 Å². The van der Waals surface area contributed by atoms with Crippen LogP contribution in [-0.2, 0) is 6.54 Å². The zero-order valence-corrected chi connectivity index (χ0v) is 12.4. The molecule has 0 aliphatic rings. The molecule has 8 nitrogen and oxygen atoms in total. The average Bonchev–Trinajstić information content (AvgIpc) is 3.25. The summed E-state index contributed by atoms with van der Waals surface area (Å²) in [4.78, 5) is 24.4. The van der Waals surface area contributed by atoms with E-state index in [4.69, 9.17) is 8.94 Å². The van der Waals surface area contributed by atoms with Gasteiger partial charge in [0.25, 0.3) is 0 Å². The molecule has 0 saturated carbocycles. The maximum Gasteiger partial charge on any atom is 0.442 e. The van der Waals surface area contributed by atoms with E-state index >= 15 is 0 Å². The number of aromatic nitrogens is 5. The largest absolute Gasteiger partial charge is 0.444 e. The van der Waals surface area contributed by atoms with E-state index in [1.54, 1.807) is 0 Å². The van der Waals surface area contributed by atoms with Crippen molar-refractivity contribution in [2.45, 2.75) is 6.54 Å². The predicted octanol–water partition coefficient (Wildman–Crippen LogP) is 2.00. The highest BCUT2D eigenvalue weighted by Crippen LogP contribution is 2.19. The molecule has 118 valence electrons. The molecular weight excluding hydrogens is 310 g/mol. The summed E-state index contributed by atoms with van der Waals surface area (Å²) in [5.74, 6) is 0.174. The Balaban J connectivity index is 1.67. The van der Waals surface area contributed by atoms with Gasteiger partial charge in [0.15, 0.2) is 0 Å². The van der Waals surface area contributed by atoms with Crippen LogP contribution in [0.25, 0.3) is 23.0 Å². The van der Waals surface area contributed by atoms with Crippen molar-refractivity contribution < 1.29 is 8.94 Å². The smallest absolute Gasteiger partial charge is 0.442 e. The van der Waals surface area contributed by atoms with E-state index in [9.17, 15) is 4.79 Å². The van der Waals surface area contributed by atoms with Gasteiger partial charge in [-0.3, -0.25) is 9.51 Å². The second kappa shape index (κ2) is 5.92. The first-order valence-corrected chi connectivity index (χ1v) is 7.14. The molecule has 0 N–H and O–H groups in total. The molecule has 0 radical (unpaired) electrons. The molecule has 0 saturated heterocycles. The minimum atomic E-state index is -0.597. The lowest BCUT2D eigenvalue weighted by atomic mass is 10.2. The van der Waals surface area contributed by atoms with Gasteiger partial charge in [0, 0.05) is 18.0 Å². The van der Waals surface area contributed by atoms with E-state index in [0.29, 0.717) is 17.3 Å². The third-order valence-electron chi connectivity index (χ3n) is 3.37. The first-order chi connectivity index (χ1) is 11.8. The number of rotatable bonds is 4. The van der Waals surface area contributed by atoms with Gasteiger partial charge >= 0.3 is 5.76 Å². The van der Waals surface area contributed by atoms with Crippen molar-refractivity contribution >= 4 is 0 Å². The average molecular weight is 321 g/mol. The maximum atomic E-state index is 11.9. The van der Waals surface area contributed by atoms with Crippen LogP contribution in [-0.4, -0.2) is 24.7 Å². The van der Waals surface area contributed by atoms with E-state index in [-0.39, 0.29) is 12.4 Å². The first-order valence-electron chi connectivity index (χ1n) is 7.14. The van der Waals surface area contributed by atoms with Crippen LogP contribution in [0.1, 0.15) is 5.69 Å². The highest BCUT2D eigenvalue weighted by Gasteiger charge is 2.16. The SMILES string of the molecule is O=c1onc(-c2cnccn2)n1Cc1coc(-c2ccccc2)n1. The van der Waals surface area contributed by atoms with Crippen molar-refractivity contribution in [1.29, 1.82) is 0 Å². The summed E-state index contributed by atoms with van der Waals surface area (Å²) in [6.07, 6.45) is 6.06. The highest BCUT2D eigenvalue weighted by atomic mass is 16.5. The number of benzene rings is 1. The fourth-order valence-electron chi connectivity index (χ4n) is 2.26. The second-order valence-corrected chi connectivity index (χ2v) is 4.96. The molecule has 24 heavy (non-hydrogen) atoms. The predicted molar refractivity (Wildman–Crippen MR) is 82.8 cm³/mol. The Morgan fingerprint density at radius 3 is 2.79 bits per heavy atom. The molecule has 0 fully saturated rings. The van der Waals surface area contributed by atoms with Crippen LogP contribution < -0.4 is 5.76 Å². The summed E-state index contributed by atoms with van der Waals surface area (Å²) in [5, 5.41) is 3.76. The Hall–Kier alpha value is -3.55. The number of oxazole rings is 1. The van der Waals surface area contributed by atoms with Crippen molar-refractivity contribution in [2.24, 2.45) is 0 Å². The molecule has 0 spiro atoms. The molecule has 1 aromatic carbocycles. The van der Waals surface area contributed by atoms with Crippen LogP contribution in [0.15, 0.2) is 68.9 Å². The normalized spacial score (nSPS) is 10.8. The number of hydrogen-bond acceptors (Lipinski definition) is 7. The molecular formula is C16H11N5O3. The molecule has 0 amide bonds. The van der Waals surface area contributed by atoms with Gasteiger partial charge in [0.05, 0.1) is 18.4 Å². The highest BCUT2D eigenvalue weighted by molar-refractivity contribution is 5.52. The fraction of sp³-hybridized carbons (Fsp3) is 0.0625. The standard InChI is InChI=1S/C16H11N5O3/c22-16-21(14(20-24-16)13-8-17-6-7-18-13)9-12-10-23-15(19-12)11-4-2-1-3-5-11/h1-8,10H,9H2. The number of nitrogens with zero attached hydrogens (tertiary/aromatic N) is 5. The minimum Gasteiger partial charge on any atom is -0.444 e. The van der Waals surface area contributed by atoms with Crippen LogP contribution in [0.5, 0.6) is 0 Å². The Kier molecular flexibility index (Phi) is 3.47. The van der Waals surface area contributed by atoms with Crippen LogP contribution in [0.3, 0.4) is 0 Å². The molecule has 0 atom stereocenters. The van der Waals surface area contributed by atoms with Gasteiger partial charge in [-0.25, -0.2) is 19.3 Å². The molecule has 0 aliphatic heterocycles. The van der Waals surface area contributed by atoms with E-state index in [1.807, 2.05) is 30.3 Å². The number of hydrogen-bond donors (Lipinski definition) is 0. The molecule has 3 aromatic heterocycles. The van der Waals surface area contributed by atoms with Gasteiger partial charge in [0.2, 0.25) is 11.7 Å². The molecule has 0 aliphatic carbocycles. The summed E-state index contributed by atoms with van der Waals surface area (Å²) in [7, 11) is 0. The Morgan fingerprint density at radius 1 is 1.12 bits per heavy atom. The zero-order chi connectivity index (χ0) is 16.4. The molecule has 0 unspecified atom stereocenters. The lowest BCUT2D eigenvalue weighted by Crippen LogP contribution is -2.16. The van der Waals surface area contributed by atoms with Crippen LogP contribution in [0.4, 0.5) is 0 Å². The van der Waals surface area contributed by atoms with Gasteiger partial charge in [-0.15, -0.1) is 0 Å². The van der Waals surface area contributed by atoms with Gasteiger partial charge in [-0.05, 0) is 12.1 Å². The lowest BCUT2D eigenvalue weighted by molar-refractivity contribution is 0.378. The van der Waals surface area contributed by atoms with Crippen molar-refractivity contribution in [3.63, 3.8) is 0 Å². The first kappa shape index (κ1) is 14.1. The van der Waals surface area contributed by atoms with Crippen molar-refractivity contribution in [3.8, 4) is 23.0 Å². The molecule has 3 heterocycles. The molecule has 4 aromatic rings. The molecule has 4 rings (SSSR count). The van der Waals surface area contributed by atoms with E-state index in [0.717, 1.165) is 5.56 Å². The molecule has 0 bridgehead atoms. The fourth-order valence-corrected chi connectivity index (χ4v) is 2.26. The minimum absolute atomic E-state index is 0.157. The quantitative estimate of drug-likeness (QED) is 0.566. The third-order valence-corrected chi connectivity index (χ3v) is 3.37. The third kappa shape index (κ3) is 2.60. The molecule has 8 heteroatoms. The zero-order valence-electron chi connectivity index (χ0n) is 12.4. The van der Waals surface area contributed by atoms with Gasteiger partial charge in [-0.1, -0.05) is 23.4 Å². The van der Waals surface area contributed by atoms with E-state index < -0.39 is 5.76 Å². The Labute approximate surface area is 135 Å².